The van der Waals surface area contributed by atoms with Crippen molar-refractivity contribution in [2.75, 3.05) is 19.6 Å². The van der Waals surface area contributed by atoms with Crippen LogP contribution in [-0.2, 0) is 22.7 Å². The SMILES string of the molecule is CC1CC(C)CN(Cc2ccc(CNC(=O)CN3C(=O)NC(C)(C4CC4)C3=O)cc2)C1. The van der Waals surface area contributed by atoms with Crippen LogP contribution < -0.4 is 10.6 Å². The summed E-state index contributed by atoms with van der Waals surface area (Å²) in [5.41, 5.74) is 1.42. The van der Waals surface area contributed by atoms with E-state index >= 15 is 0 Å². The van der Waals surface area contributed by atoms with Gasteiger partial charge in [0, 0.05) is 26.2 Å². The number of imide groups is 1. The Hall–Kier alpha value is -2.41. The van der Waals surface area contributed by atoms with E-state index in [1.807, 2.05) is 12.1 Å². The quantitative estimate of drug-likeness (QED) is 0.657. The highest BCUT2D eigenvalue weighted by Crippen LogP contribution is 2.42. The molecule has 4 amide bonds. The number of hydrogen-bond acceptors (Lipinski definition) is 4. The minimum atomic E-state index is -0.850. The molecular weight excluding hydrogens is 392 g/mol. The van der Waals surface area contributed by atoms with E-state index in [1.54, 1.807) is 6.92 Å². The molecule has 3 fully saturated rings. The molecule has 7 nitrogen and oxygen atoms in total. The van der Waals surface area contributed by atoms with Crippen molar-refractivity contribution in [3.63, 3.8) is 0 Å². The highest BCUT2D eigenvalue weighted by Gasteiger charge is 2.56. The summed E-state index contributed by atoms with van der Waals surface area (Å²) in [5, 5.41) is 5.60. The van der Waals surface area contributed by atoms with E-state index in [0.717, 1.165) is 54.8 Å². The van der Waals surface area contributed by atoms with Crippen molar-refractivity contribution in [1.82, 2.24) is 20.4 Å². The molecule has 2 aliphatic heterocycles. The molecule has 31 heavy (non-hydrogen) atoms. The lowest BCUT2D eigenvalue weighted by atomic mass is 9.91. The molecule has 0 radical (unpaired) electrons. The van der Waals surface area contributed by atoms with Gasteiger partial charge in [0.1, 0.15) is 12.1 Å². The Morgan fingerprint density at radius 3 is 2.32 bits per heavy atom. The normalized spacial score (nSPS) is 29.2. The van der Waals surface area contributed by atoms with Gasteiger partial charge in [0.15, 0.2) is 0 Å². The average molecular weight is 427 g/mol. The second-order valence-corrected chi connectivity index (χ2v) is 10.0. The molecule has 3 atom stereocenters. The Morgan fingerprint density at radius 1 is 1.10 bits per heavy atom. The fraction of sp³-hybridized carbons (Fsp3) is 0.625. The van der Waals surface area contributed by atoms with Gasteiger partial charge >= 0.3 is 6.03 Å². The van der Waals surface area contributed by atoms with Gasteiger partial charge in [0.25, 0.3) is 5.91 Å². The Bertz CT molecular complexity index is 841. The Labute approximate surface area is 184 Å². The van der Waals surface area contributed by atoms with E-state index in [-0.39, 0.29) is 24.3 Å². The van der Waals surface area contributed by atoms with Crippen LogP contribution in [0.4, 0.5) is 4.79 Å². The first-order valence-corrected chi connectivity index (χ1v) is 11.5. The lowest BCUT2D eigenvalue weighted by Gasteiger charge is -2.35. The van der Waals surface area contributed by atoms with Crippen LogP contribution in [0.2, 0.25) is 0 Å². The number of nitrogens with one attached hydrogen (secondary N) is 2. The number of hydrogen-bond donors (Lipinski definition) is 2. The van der Waals surface area contributed by atoms with E-state index in [9.17, 15) is 14.4 Å². The van der Waals surface area contributed by atoms with Gasteiger partial charge in [-0.1, -0.05) is 38.1 Å². The maximum absolute atomic E-state index is 12.6. The topological polar surface area (TPSA) is 81.8 Å². The van der Waals surface area contributed by atoms with Crippen LogP contribution in [0.5, 0.6) is 0 Å². The maximum Gasteiger partial charge on any atom is 0.325 e. The largest absolute Gasteiger partial charge is 0.350 e. The van der Waals surface area contributed by atoms with Crippen molar-refractivity contribution in [3.8, 4) is 0 Å². The van der Waals surface area contributed by atoms with Crippen LogP contribution in [0.3, 0.4) is 0 Å². The summed E-state index contributed by atoms with van der Waals surface area (Å²) in [6, 6.07) is 7.82. The molecule has 7 heteroatoms. The van der Waals surface area contributed by atoms with Crippen LogP contribution in [0.1, 0.15) is 51.2 Å². The lowest BCUT2D eigenvalue weighted by Crippen LogP contribution is -2.46. The fourth-order valence-electron chi connectivity index (χ4n) is 5.14. The van der Waals surface area contributed by atoms with Gasteiger partial charge in [-0.05, 0) is 55.1 Å². The number of piperidine rings is 1. The average Bonchev–Trinajstić information content (AvgIpc) is 3.53. The molecule has 2 heterocycles. The predicted molar refractivity (Wildman–Crippen MR) is 118 cm³/mol. The molecule has 1 aromatic rings. The third-order valence-corrected chi connectivity index (χ3v) is 6.86. The Morgan fingerprint density at radius 2 is 1.71 bits per heavy atom. The summed E-state index contributed by atoms with van der Waals surface area (Å²) >= 11 is 0. The molecule has 1 aromatic carbocycles. The zero-order valence-electron chi connectivity index (χ0n) is 18.8. The van der Waals surface area contributed by atoms with Gasteiger partial charge in [0.05, 0.1) is 0 Å². The molecule has 4 rings (SSSR count). The first kappa shape index (κ1) is 21.8. The summed E-state index contributed by atoms with van der Waals surface area (Å²) in [7, 11) is 0. The van der Waals surface area contributed by atoms with Crippen molar-refractivity contribution >= 4 is 17.8 Å². The van der Waals surface area contributed by atoms with Gasteiger partial charge < -0.3 is 10.6 Å². The monoisotopic (exact) mass is 426 g/mol. The number of rotatable bonds is 7. The third-order valence-electron chi connectivity index (χ3n) is 6.86. The molecule has 1 saturated carbocycles. The number of urea groups is 1. The first-order chi connectivity index (χ1) is 14.7. The molecule has 3 unspecified atom stereocenters. The van der Waals surface area contributed by atoms with Gasteiger partial charge in [0.2, 0.25) is 5.91 Å². The fourth-order valence-corrected chi connectivity index (χ4v) is 5.14. The highest BCUT2D eigenvalue weighted by molar-refractivity contribution is 6.09. The zero-order chi connectivity index (χ0) is 22.2. The van der Waals surface area contributed by atoms with Crippen LogP contribution >= 0.6 is 0 Å². The summed E-state index contributed by atoms with van der Waals surface area (Å²) in [4.78, 5) is 40.7. The second kappa shape index (κ2) is 8.61. The second-order valence-electron chi connectivity index (χ2n) is 10.0. The van der Waals surface area contributed by atoms with Crippen molar-refractivity contribution < 1.29 is 14.4 Å². The van der Waals surface area contributed by atoms with Gasteiger partial charge in [-0.3, -0.25) is 19.4 Å². The minimum absolute atomic E-state index is 0.187. The molecule has 3 aliphatic rings. The number of nitrogens with zero attached hydrogens (tertiary/aromatic N) is 2. The minimum Gasteiger partial charge on any atom is -0.350 e. The van der Waals surface area contributed by atoms with E-state index in [4.69, 9.17) is 0 Å². The highest BCUT2D eigenvalue weighted by atomic mass is 16.2. The van der Waals surface area contributed by atoms with Crippen molar-refractivity contribution in [1.29, 1.82) is 0 Å². The third kappa shape index (κ3) is 4.92. The molecular formula is C24H34N4O3. The van der Waals surface area contributed by atoms with Crippen LogP contribution in [0.25, 0.3) is 0 Å². The van der Waals surface area contributed by atoms with Crippen molar-refractivity contribution in [3.05, 3.63) is 35.4 Å². The predicted octanol–water partition coefficient (Wildman–Crippen LogP) is 2.50. The Balaban J connectivity index is 1.25. The molecule has 0 bridgehead atoms. The molecule has 168 valence electrons. The van der Waals surface area contributed by atoms with Gasteiger partial charge in [-0.15, -0.1) is 0 Å². The number of likely N-dealkylation sites (tertiary alicyclic amines) is 1. The molecule has 0 aromatic heterocycles. The smallest absolute Gasteiger partial charge is 0.325 e. The standard InChI is InChI=1S/C24H34N4O3/c1-16-10-17(2)13-27(12-16)14-19-6-4-18(5-7-19)11-25-21(29)15-28-22(30)24(3,20-8-9-20)26-23(28)31/h4-7,16-17,20H,8-15H2,1-3H3,(H,25,29)(H,26,31). The van der Waals surface area contributed by atoms with E-state index in [0.29, 0.717) is 6.54 Å². The number of benzene rings is 1. The van der Waals surface area contributed by atoms with Gasteiger partial charge in [-0.25, -0.2) is 4.79 Å². The van der Waals surface area contributed by atoms with Gasteiger partial charge in [-0.2, -0.15) is 0 Å². The van der Waals surface area contributed by atoms with E-state index in [2.05, 4.69) is 41.5 Å². The zero-order valence-corrected chi connectivity index (χ0v) is 18.8. The maximum atomic E-state index is 12.6. The molecule has 1 aliphatic carbocycles. The summed E-state index contributed by atoms with van der Waals surface area (Å²) in [6.45, 7) is 9.77. The van der Waals surface area contributed by atoms with Crippen molar-refractivity contribution in [2.45, 2.75) is 58.7 Å². The van der Waals surface area contributed by atoms with E-state index < -0.39 is 11.6 Å². The number of carbonyl (C=O) groups is 3. The van der Waals surface area contributed by atoms with Crippen LogP contribution in [0, 0.1) is 17.8 Å². The lowest BCUT2D eigenvalue weighted by molar-refractivity contribution is -0.135. The van der Waals surface area contributed by atoms with Crippen LogP contribution in [-0.4, -0.2) is 52.8 Å². The summed E-state index contributed by atoms with van der Waals surface area (Å²) in [6.07, 6.45) is 3.18. The molecule has 0 spiro atoms. The number of carbonyl (C=O) groups excluding carboxylic acids is 3. The molecule has 2 saturated heterocycles. The summed E-state index contributed by atoms with van der Waals surface area (Å²) in [5.74, 6) is 1.05. The van der Waals surface area contributed by atoms with Crippen molar-refractivity contribution in [2.24, 2.45) is 17.8 Å². The summed E-state index contributed by atoms with van der Waals surface area (Å²) < 4.78 is 0. The first-order valence-electron chi connectivity index (χ1n) is 11.5. The number of amides is 4. The Kier molecular flexibility index (Phi) is 6.06. The van der Waals surface area contributed by atoms with Crippen LogP contribution in [0.15, 0.2) is 24.3 Å². The molecule has 2 N–H and O–H groups in total. The van der Waals surface area contributed by atoms with E-state index in [1.165, 1.54) is 12.0 Å².